The van der Waals surface area contributed by atoms with E-state index >= 15 is 0 Å². The normalized spacial score (nSPS) is 15.3. The third-order valence-electron chi connectivity index (χ3n) is 4.60. The summed E-state index contributed by atoms with van der Waals surface area (Å²) in [5.74, 6) is -0.901. The number of carbonyl (C=O) groups is 1. The van der Waals surface area contributed by atoms with Gasteiger partial charge in [0.15, 0.2) is 11.5 Å². The van der Waals surface area contributed by atoms with Gasteiger partial charge in [0.05, 0.1) is 17.6 Å². The van der Waals surface area contributed by atoms with Crippen molar-refractivity contribution < 1.29 is 31.5 Å². The highest BCUT2D eigenvalue weighted by atomic mass is 35.5. The molecule has 30 heavy (non-hydrogen) atoms. The van der Waals surface area contributed by atoms with E-state index in [0.29, 0.717) is 5.02 Å². The Morgan fingerprint density at radius 2 is 1.77 bits per heavy atom. The first-order chi connectivity index (χ1) is 14.2. The molecule has 1 heterocycles. The van der Waals surface area contributed by atoms with Crippen molar-refractivity contribution in [1.82, 2.24) is 9.21 Å². The Hall–Kier alpha value is -2.43. The number of hydrogen-bond acceptors (Lipinski definition) is 5. The van der Waals surface area contributed by atoms with Crippen molar-refractivity contribution in [3.8, 4) is 11.5 Å². The molecule has 1 fully saturated rings. The Morgan fingerprint density at radius 3 is 2.37 bits per heavy atom. The SMILES string of the molecule is COc1cccc(C(=O)N2CCN(S(=O)(=O)c3cccc(Cl)c3)CC2)c1OC(F)F. The third-order valence-corrected chi connectivity index (χ3v) is 6.73. The van der Waals surface area contributed by atoms with Crippen LogP contribution in [0.15, 0.2) is 47.4 Å². The number of hydrogen-bond donors (Lipinski definition) is 0. The van der Waals surface area contributed by atoms with Crippen LogP contribution in [0.5, 0.6) is 11.5 Å². The zero-order valence-electron chi connectivity index (χ0n) is 15.9. The van der Waals surface area contributed by atoms with Gasteiger partial charge in [-0.3, -0.25) is 4.79 Å². The standard InChI is InChI=1S/C19H19ClF2N2O5S/c1-28-16-7-3-6-15(17(16)29-19(21)22)18(25)23-8-10-24(11-9-23)30(26,27)14-5-2-4-13(20)12-14/h2-7,12,19H,8-11H2,1H3. The van der Waals surface area contributed by atoms with Gasteiger partial charge in [-0.1, -0.05) is 23.7 Å². The fraction of sp³-hybridized carbons (Fsp3) is 0.316. The minimum Gasteiger partial charge on any atom is -0.493 e. The van der Waals surface area contributed by atoms with Gasteiger partial charge < -0.3 is 14.4 Å². The molecule has 0 saturated carbocycles. The van der Waals surface area contributed by atoms with E-state index in [1.807, 2.05) is 0 Å². The maximum Gasteiger partial charge on any atom is 0.387 e. The van der Waals surface area contributed by atoms with Gasteiger partial charge in [-0.15, -0.1) is 0 Å². The second-order valence-electron chi connectivity index (χ2n) is 6.37. The smallest absolute Gasteiger partial charge is 0.387 e. The van der Waals surface area contributed by atoms with Crippen LogP contribution in [0.4, 0.5) is 8.78 Å². The predicted molar refractivity (Wildman–Crippen MR) is 106 cm³/mol. The lowest BCUT2D eigenvalue weighted by atomic mass is 10.1. The van der Waals surface area contributed by atoms with Gasteiger partial charge in [-0.25, -0.2) is 8.42 Å². The number of methoxy groups -OCH3 is 1. The van der Waals surface area contributed by atoms with Crippen molar-refractivity contribution in [3.63, 3.8) is 0 Å². The molecule has 1 aliphatic heterocycles. The molecule has 0 N–H and O–H groups in total. The highest BCUT2D eigenvalue weighted by molar-refractivity contribution is 7.89. The number of rotatable bonds is 6. The largest absolute Gasteiger partial charge is 0.493 e. The lowest BCUT2D eigenvalue weighted by molar-refractivity contribution is -0.0516. The lowest BCUT2D eigenvalue weighted by Gasteiger charge is -2.34. The summed E-state index contributed by atoms with van der Waals surface area (Å²) in [6.45, 7) is -2.86. The molecule has 2 aromatic carbocycles. The molecule has 0 atom stereocenters. The number of amides is 1. The van der Waals surface area contributed by atoms with Crippen LogP contribution < -0.4 is 9.47 Å². The quantitative estimate of drug-likeness (QED) is 0.662. The van der Waals surface area contributed by atoms with Gasteiger partial charge in [0.1, 0.15) is 0 Å². The third kappa shape index (κ3) is 4.66. The topological polar surface area (TPSA) is 76.2 Å². The fourth-order valence-electron chi connectivity index (χ4n) is 3.13. The summed E-state index contributed by atoms with van der Waals surface area (Å²) in [7, 11) is -2.49. The summed E-state index contributed by atoms with van der Waals surface area (Å²) >= 11 is 5.89. The molecule has 0 spiro atoms. The molecule has 1 amide bonds. The minimum atomic E-state index is -3.77. The van der Waals surface area contributed by atoms with E-state index in [2.05, 4.69) is 4.74 Å². The highest BCUT2D eigenvalue weighted by Crippen LogP contribution is 2.33. The van der Waals surface area contributed by atoms with Crippen LogP contribution in [-0.2, 0) is 10.0 Å². The molecule has 1 aliphatic rings. The summed E-state index contributed by atoms with van der Waals surface area (Å²) < 4.78 is 62.0. The molecule has 0 aliphatic carbocycles. The first-order valence-electron chi connectivity index (χ1n) is 8.91. The number of sulfonamides is 1. The van der Waals surface area contributed by atoms with Gasteiger partial charge >= 0.3 is 6.61 Å². The van der Waals surface area contributed by atoms with Crippen LogP contribution in [0.1, 0.15) is 10.4 Å². The second kappa shape index (κ2) is 9.15. The Bertz CT molecular complexity index is 1030. The van der Waals surface area contributed by atoms with Gasteiger partial charge in [-0.05, 0) is 30.3 Å². The molecule has 0 unspecified atom stereocenters. The Morgan fingerprint density at radius 1 is 1.10 bits per heavy atom. The summed E-state index contributed by atoms with van der Waals surface area (Å²) in [5, 5.41) is 0.300. The molecule has 0 radical (unpaired) electrons. The van der Waals surface area contributed by atoms with Crippen LogP contribution in [0.2, 0.25) is 5.02 Å². The van der Waals surface area contributed by atoms with E-state index in [9.17, 15) is 22.0 Å². The number of para-hydroxylation sites is 1. The maximum absolute atomic E-state index is 12.9. The second-order valence-corrected chi connectivity index (χ2v) is 8.74. The maximum atomic E-state index is 12.9. The van der Waals surface area contributed by atoms with Crippen LogP contribution >= 0.6 is 11.6 Å². The van der Waals surface area contributed by atoms with Crippen LogP contribution in [0.3, 0.4) is 0 Å². The monoisotopic (exact) mass is 460 g/mol. The highest BCUT2D eigenvalue weighted by Gasteiger charge is 2.32. The number of ether oxygens (including phenoxy) is 2. The summed E-state index contributed by atoms with van der Waals surface area (Å²) in [6, 6.07) is 10.2. The molecular weight excluding hydrogens is 442 g/mol. The van der Waals surface area contributed by atoms with E-state index in [1.165, 1.54) is 46.6 Å². The fourth-order valence-corrected chi connectivity index (χ4v) is 4.86. The van der Waals surface area contributed by atoms with Gasteiger partial charge in [0.2, 0.25) is 10.0 Å². The molecular formula is C19H19ClF2N2O5S. The Kier molecular flexibility index (Phi) is 6.79. The van der Waals surface area contributed by atoms with E-state index in [0.717, 1.165) is 0 Å². The summed E-state index contributed by atoms with van der Waals surface area (Å²) in [4.78, 5) is 14.4. The number of nitrogens with zero attached hydrogens (tertiary/aromatic N) is 2. The molecule has 11 heteroatoms. The molecule has 2 aromatic rings. The van der Waals surface area contributed by atoms with E-state index in [4.69, 9.17) is 16.3 Å². The number of piperazine rings is 1. The average molecular weight is 461 g/mol. The number of halogens is 3. The molecule has 0 bridgehead atoms. The minimum absolute atomic E-state index is 0.00307. The van der Waals surface area contributed by atoms with E-state index < -0.39 is 22.5 Å². The van der Waals surface area contributed by atoms with Crippen molar-refractivity contribution in [3.05, 3.63) is 53.1 Å². The average Bonchev–Trinajstić information content (AvgIpc) is 2.73. The predicted octanol–water partition coefficient (Wildman–Crippen LogP) is 3.10. The first-order valence-corrected chi connectivity index (χ1v) is 10.7. The number of benzene rings is 2. The summed E-state index contributed by atoms with van der Waals surface area (Å²) in [5.41, 5.74) is -0.0826. The molecule has 1 saturated heterocycles. The first kappa shape index (κ1) is 22.3. The zero-order valence-corrected chi connectivity index (χ0v) is 17.5. The summed E-state index contributed by atoms with van der Waals surface area (Å²) in [6.07, 6.45) is 0. The van der Waals surface area contributed by atoms with Crippen molar-refractivity contribution in [1.29, 1.82) is 0 Å². The van der Waals surface area contributed by atoms with Gasteiger partial charge in [-0.2, -0.15) is 13.1 Å². The van der Waals surface area contributed by atoms with Gasteiger partial charge in [0.25, 0.3) is 5.91 Å². The number of alkyl halides is 2. The van der Waals surface area contributed by atoms with Crippen molar-refractivity contribution in [2.45, 2.75) is 11.5 Å². The Labute approximate surface area is 177 Å². The van der Waals surface area contributed by atoms with E-state index in [-0.39, 0.29) is 48.1 Å². The molecule has 7 nitrogen and oxygen atoms in total. The van der Waals surface area contributed by atoms with Crippen LogP contribution in [0.25, 0.3) is 0 Å². The van der Waals surface area contributed by atoms with Gasteiger partial charge in [0, 0.05) is 31.2 Å². The zero-order chi connectivity index (χ0) is 21.9. The molecule has 0 aromatic heterocycles. The van der Waals surface area contributed by atoms with Crippen LogP contribution in [-0.4, -0.2) is 63.4 Å². The molecule has 3 rings (SSSR count). The van der Waals surface area contributed by atoms with Crippen LogP contribution in [0, 0.1) is 0 Å². The van der Waals surface area contributed by atoms with Crippen molar-refractivity contribution >= 4 is 27.5 Å². The lowest BCUT2D eigenvalue weighted by Crippen LogP contribution is -2.50. The number of carbonyl (C=O) groups excluding carboxylic acids is 1. The van der Waals surface area contributed by atoms with E-state index in [1.54, 1.807) is 12.1 Å². The Balaban J connectivity index is 1.76. The van der Waals surface area contributed by atoms with Crippen molar-refractivity contribution in [2.24, 2.45) is 0 Å². The molecule has 162 valence electrons. The van der Waals surface area contributed by atoms with Crippen molar-refractivity contribution in [2.75, 3.05) is 33.3 Å².